The molecule has 11 heteroatoms. The molecule has 3 aromatic carbocycles. The van der Waals surface area contributed by atoms with Crippen molar-refractivity contribution in [2.75, 3.05) is 36.6 Å². The first kappa shape index (κ1) is 30.3. The van der Waals surface area contributed by atoms with E-state index in [0.29, 0.717) is 45.8 Å². The number of hydrogen-bond acceptors (Lipinski definition) is 6. The van der Waals surface area contributed by atoms with Gasteiger partial charge in [-0.25, -0.2) is 9.97 Å². The predicted octanol–water partition coefficient (Wildman–Crippen LogP) is 6.75. The highest BCUT2D eigenvalue weighted by Gasteiger charge is 2.13. The molecule has 5 rings (SSSR count). The maximum absolute atomic E-state index is 12.9. The van der Waals surface area contributed by atoms with Gasteiger partial charge in [0, 0.05) is 57.9 Å². The van der Waals surface area contributed by atoms with Crippen LogP contribution in [0.25, 0.3) is 22.2 Å². The van der Waals surface area contributed by atoms with Gasteiger partial charge in [-0.15, -0.1) is 12.4 Å². The number of H-pyrrole nitrogens is 1. The lowest BCUT2D eigenvalue weighted by atomic mass is 10.1. The van der Waals surface area contributed by atoms with E-state index in [2.05, 4.69) is 30.9 Å². The van der Waals surface area contributed by atoms with Crippen LogP contribution in [0.5, 0.6) is 0 Å². The van der Waals surface area contributed by atoms with Crippen molar-refractivity contribution in [3.8, 4) is 11.3 Å². The number of benzene rings is 3. The minimum absolute atomic E-state index is 0. The lowest BCUT2D eigenvalue weighted by Crippen LogP contribution is -2.13. The number of rotatable bonds is 9. The summed E-state index contributed by atoms with van der Waals surface area (Å²) in [7, 11) is 3.85. The quantitative estimate of drug-likeness (QED) is 0.139. The topological polar surface area (TPSA) is 115 Å². The van der Waals surface area contributed by atoms with Crippen LogP contribution >= 0.6 is 24.0 Å². The van der Waals surface area contributed by atoms with E-state index < -0.39 is 0 Å². The highest BCUT2D eigenvalue weighted by Crippen LogP contribution is 2.32. The zero-order valence-corrected chi connectivity index (χ0v) is 24.5. The van der Waals surface area contributed by atoms with E-state index in [4.69, 9.17) is 11.6 Å². The molecule has 4 N–H and O–H groups in total. The Labute approximate surface area is 254 Å². The van der Waals surface area contributed by atoms with Crippen molar-refractivity contribution in [1.29, 1.82) is 0 Å². The van der Waals surface area contributed by atoms with E-state index in [-0.39, 0.29) is 24.2 Å². The maximum atomic E-state index is 12.9. The zero-order chi connectivity index (χ0) is 28.8. The number of halogens is 2. The van der Waals surface area contributed by atoms with E-state index >= 15 is 0 Å². The number of para-hydroxylation sites is 1. The molecule has 0 spiro atoms. The average Bonchev–Trinajstić information content (AvgIpc) is 3.38. The predicted molar refractivity (Wildman–Crippen MR) is 172 cm³/mol. The Balaban J connectivity index is 0.00000405. The molecule has 0 fully saturated rings. The van der Waals surface area contributed by atoms with Gasteiger partial charge in [-0.1, -0.05) is 41.9 Å². The maximum Gasteiger partial charge on any atom is 0.255 e. The fraction of sp³-hybridized carbons (Fsp3) is 0.0968. The summed E-state index contributed by atoms with van der Waals surface area (Å²) in [6.07, 6.45) is 6.70. The molecule has 2 heterocycles. The van der Waals surface area contributed by atoms with Gasteiger partial charge in [0.15, 0.2) is 0 Å². The number of likely N-dealkylation sites (N-methyl/N-ethyl adjacent to an activating group) is 1. The first-order valence-corrected chi connectivity index (χ1v) is 13.2. The summed E-state index contributed by atoms with van der Waals surface area (Å²) in [6.45, 7) is 0.669. The Morgan fingerprint density at radius 1 is 0.952 bits per heavy atom. The van der Waals surface area contributed by atoms with Crippen LogP contribution in [0.1, 0.15) is 10.4 Å². The molecule has 0 bridgehead atoms. The molecule has 0 aliphatic carbocycles. The monoisotopic (exact) mass is 601 g/mol. The fourth-order valence-corrected chi connectivity index (χ4v) is 4.34. The van der Waals surface area contributed by atoms with Crippen LogP contribution in [0.15, 0.2) is 97.3 Å². The molecular weight excluding hydrogens is 573 g/mol. The Morgan fingerprint density at radius 2 is 1.71 bits per heavy atom. The SMILES string of the molecule is CN(C)C/C=C/C(=O)Nc1ccc(C(=O)Nc2cccc(Nc3ncc(Cl)c(-c4c[nH]c5ccccc45)n3)c2)cc1.Cl. The Morgan fingerprint density at radius 3 is 2.50 bits per heavy atom. The van der Waals surface area contributed by atoms with Gasteiger partial charge < -0.3 is 25.8 Å². The minimum Gasteiger partial charge on any atom is -0.360 e. The van der Waals surface area contributed by atoms with Crippen LogP contribution in [0.4, 0.5) is 23.0 Å². The second-order valence-corrected chi connectivity index (χ2v) is 9.94. The first-order chi connectivity index (χ1) is 19.9. The van der Waals surface area contributed by atoms with Crippen molar-refractivity contribution in [1.82, 2.24) is 19.9 Å². The highest BCUT2D eigenvalue weighted by molar-refractivity contribution is 6.33. The average molecular weight is 603 g/mol. The number of aromatic nitrogens is 3. The van der Waals surface area contributed by atoms with Gasteiger partial charge in [0.1, 0.15) is 0 Å². The van der Waals surface area contributed by atoms with Crippen molar-refractivity contribution >= 4 is 69.7 Å². The van der Waals surface area contributed by atoms with E-state index in [9.17, 15) is 9.59 Å². The van der Waals surface area contributed by atoms with Crippen LogP contribution in [0.3, 0.4) is 0 Å². The third-order valence-corrected chi connectivity index (χ3v) is 6.40. The summed E-state index contributed by atoms with van der Waals surface area (Å²) in [5.74, 6) is -0.144. The normalized spacial score (nSPS) is 11.0. The molecule has 0 saturated carbocycles. The number of nitrogens with zero attached hydrogens (tertiary/aromatic N) is 3. The van der Waals surface area contributed by atoms with Gasteiger partial charge in [-0.3, -0.25) is 9.59 Å². The Bertz CT molecular complexity index is 1730. The van der Waals surface area contributed by atoms with Crippen molar-refractivity contribution in [3.63, 3.8) is 0 Å². The molecule has 5 aromatic rings. The summed E-state index contributed by atoms with van der Waals surface area (Å²) in [5.41, 5.74) is 4.81. The molecule has 42 heavy (non-hydrogen) atoms. The third kappa shape index (κ3) is 7.52. The van der Waals surface area contributed by atoms with Crippen LogP contribution in [0.2, 0.25) is 5.02 Å². The third-order valence-electron chi connectivity index (χ3n) is 6.12. The summed E-state index contributed by atoms with van der Waals surface area (Å²) in [5, 5.41) is 10.3. The Hall–Kier alpha value is -4.70. The largest absolute Gasteiger partial charge is 0.360 e. The highest BCUT2D eigenvalue weighted by atomic mass is 35.5. The van der Waals surface area contributed by atoms with E-state index in [0.717, 1.165) is 16.5 Å². The van der Waals surface area contributed by atoms with Crippen LogP contribution in [-0.2, 0) is 4.79 Å². The van der Waals surface area contributed by atoms with E-state index in [1.54, 1.807) is 48.7 Å². The second-order valence-electron chi connectivity index (χ2n) is 9.53. The minimum atomic E-state index is -0.282. The standard InChI is InChI=1S/C31H28ClN7O2.ClH/c1-39(2)16-6-11-28(40)35-21-14-12-20(13-15-21)30(41)36-22-7-5-8-23(17-22)37-31-34-19-26(32)29(38-31)25-18-33-27-10-4-3-9-24(25)27;/h3-15,17-19,33H,16H2,1-2H3,(H,35,40)(H,36,41)(H,34,37,38);1H/b11-6+;. The number of amides is 2. The molecule has 214 valence electrons. The van der Waals surface area contributed by atoms with Crippen molar-refractivity contribution in [3.05, 3.63) is 108 Å². The summed E-state index contributed by atoms with van der Waals surface area (Å²) in [4.78, 5) is 39.1. The number of carbonyl (C=O) groups excluding carboxylic acids is 2. The lowest BCUT2D eigenvalue weighted by molar-refractivity contribution is -0.111. The van der Waals surface area contributed by atoms with Gasteiger partial charge >= 0.3 is 0 Å². The summed E-state index contributed by atoms with van der Waals surface area (Å²) < 4.78 is 0. The van der Waals surface area contributed by atoms with Gasteiger partial charge in [-0.2, -0.15) is 0 Å². The number of fused-ring (bicyclic) bond motifs is 1. The number of hydrogen-bond donors (Lipinski definition) is 4. The molecule has 0 aliphatic rings. The van der Waals surface area contributed by atoms with Crippen LogP contribution < -0.4 is 16.0 Å². The second kappa shape index (κ2) is 13.8. The zero-order valence-electron chi connectivity index (χ0n) is 22.9. The summed E-state index contributed by atoms with van der Waals surface area (Å²) in [6, 6.07) is 21.9. The molecule has 0 aliphatic heterocycles. The van der Waals surface area contributed by atoms with Crippen LogP contribution in [-0.4, -0.2) is 52.3 Å². The molecule has 0 radical (unpaired) electrons. The fourth-order valence-electron chi connectivity index (χ4n) is 4.15. The molecule has 2 amide bonds. The molecule has 0 saturated heterocycles. The van der Waals surface area contributed by atoms with Gasteiger partial charge in [0.05, 0.1) is 16.9 Å². The first-order valence-electron chi connectivity index (χ1n) is 12.9. The Kier molecular flexibility index (Phi) is 9.93. The van der Waals surface area contributed by atoms with Crippen LogP contribution in [0, 0.1) is 0 Å². The molecular formula is C31H29Cl2N7O2. The van der Waals surface area contributed by atoms with E-state index in [1.807, 2.05) is 61.6 Å². The van der Waals surface area contributed by atoms with Crippen molar-refractivity contribution in [2.24, 2.45) is 0 Å². The van der Waals surface area contributed by atoms with Gasteiger partial charge in [0.25, 0.3) is 5.91 Å². The number of aromatic amines is 1. The van der Waals surface area contributed by atoms with Gasteiger partial charge in [0.2, 0.25) is 11.9 Å². The number of carbonyl (C=O) groups is 2. The summed E-state index contributed by atoms with van der Waals surface area (Å²) >= 11 is 6.46. The smallest absolute Gasteiger partial charge is 0.255 e. The molecule has 9 nitrogen and oxygen atoms in total. The van der Waals surface area contributed by atoms with Crippen molar-refractivity contribution in [2.45, 2.75) is 0 Å². The lowest BCUT2D eigenvalue weighted by Gasteiger charge is -2.10. The van der Waals surface area contributed by atoms with Gasteiger partial charge in [-0.05, 0) is 62.6 Å². The molecule has 2 aromatic heterocycles. The van der Waals surface area contributed by atoms with Crippen molar-refractivity contribution < 1.29 is 9.59 Å². The van der Waals surface area contributed by atoms with E-state index in [1.165, 1.54) is 6.08 Å². The molecule has 0 atom stereocenters. The number of anilines is 4. The number of nitrogens with one attached hydrogen (secondary N) is 4. The molecule has 0 unspecified atom stereocenters.